The highest BCUT2D eigenvalue weighted by Crippen LogP contribution is 2.07. The van der Waals surface area contributed by atoms with Crippen LogP contribution in [0.1, 0.15) is 12.8 Å². The Kier molecular flexibility index (Phi) is 2.97. The van der Waals surface area contributed by atoms with E-state index in [1.54, 1.807) is 0 Å². The molecule has 0 aliphatic heterocycles. The average molecular weight is 136 g/mol. The second-order valence-corrected chi connectivity index (χ2v) is 2.28. The molecule has 10 heavy (non-hydrogen) atoms. The van der Waals surface area contributed by atoms with E-state index in [9.17, 15) is 0 Å². The Morgan fingerprint density at radius 2 is 2.30 bits per heavy atom. The number of rotatable bonds is 2. The molecule has 54 valence electrons. The minimum absolute atomic E-state index is 0.240. The van der Waals surface area contributed by atoms with Gasteiger partial charge in [-0.05, 0) is 18.4 Å². The first-order valence-corrected chi connectivity index (χ1v) is 3.56. The standard InChI is InChI=1S/C9H12O/c10-8-7-9-5-3-1-2-4-6-9/h1,3-6,10H,2,7-8H2. The monoisotopic (exact) mass is 136 g/mol. The summed E-state index contributed by atoms with van der Waals surface area (Å²) >= 11 is 0. The topological polar surface area (TPSA) is 20.2 Å². The maximum absolute atomic E-state index is 8.61. The van der Waals surface area contributed by atoms with Crippen LogP contribution < -0.4 is 0 Å². The molecular weight excluding hydrogens is 124 g/mol. The van der Waals surface area contributed by atoms with Gasteiger partial charge >= 0.3 is 0 Å². The van der Waals surface area contributed by atoms with Gasteiger partial charge in [0.05, 0.1) is 0 Å². The summed E-state index contributed by atoms with van der Waals surface area (Å²) < 4.78 is 0. The molecule has 0 amide bonds. The lowest BCUT2D eigenvalue weighted by molar-refractivity contribution is 0.300. The molecule has 0 saturated carbocycles. The lowest BCUT2D eigenvalue weighted by Gasteiger charge is -1.93. The van der Waals surface area contributed by atoms with Gasteiger partial charge in [0.1, 0.15) is 0 Å². The van der Waals surface area contributed by atoms with Gasteiger partial charge in [0, 0.05) is 6.61 Å². The van der Waals surface area contributed by atoms with Crippen LogP contribution in [0.25, 0.3) is 0 Å². The van der Waals surface area contributed by atoms with Crippen LogP contribution in [-0.2, 0) is 0 Å². The highest BCUT2D eigenvalue weighted by molar-refractivity contribution is 5.27. The van der Waals surface area contributed by atoms with Crippen molar-refractivity contribution in [2.75, 3.05) is 6.61 Å². The van der Waals surface area contributed by atoms with Gasteiger partial charge in [0.15, 0.2) is 0 Å². The number of hydrogen-bond acceptors (Lipinski definition) is 1. The zero-order chi connectivity index (χ0) is 7.23. The highest BCUT2D eigenvalue weighted by atomic mass is 16.2. The summed E-state index contributed by atoms with van der Waals surface area (Å²) in [5.41, 5.74) is 1.20. The SMILES string of the molecule is OCCC1=CC=CCC=C1. The summed E-state index contributed by atoms with van der Waals surface area (Å²) in [7, 11) is 0. The van der Waals surface area contributed by atoms with Crippen LogP contribution >= 0.6 is 0 Å². The van der Waals surface area contributed by atoms with Crippen molar-refractivity contribution in [2.24, 2.45) is 0 Å². The maximum Gasteiger partial charge on any atom is 0.0471 e. The summed E-state index contributed by atoms with van der Waals surface area (Å²) in [5.74, 6) is 0. The second kappa shape index (κ2) is 4.07. The Morgan fingerprint density at radius 1 is 1.40 bits per heavy atom. The third-order valence-corrected chi connectivity index (χ3v) is 1.45. The van der Waals surface area contributed by atoms with Gasteiger partial charge in [0.2, 0.25) is 0 Å². The van der Waals surface area contributed by atoms with Crippen molar-refractivity contribution in [1.29, 1.82) is 0 Å². The fourth-order valence-electron chi connectivity index (χ4n) is 0.920. The van der Waals surface area contributed by atoms with E-state index in [4.69, 9.17) is 5.11 Å². The van der Waals surface area contributed by atoms with Crippen molar-refractivity contribution in [2.45, 2.75) is 12.8 Å². The predicted octanol–water partition coefficient (Wildman–Crippen LogP) is 1.81. The molecule has 1 heteroatoms. The van der Waals surface area contributed by atoms with E-state index in [-0.39, 0.29) is 6.61 Å². The van der Waals surface area contributed by atoms with Crippen molar-refractivity contribution >= 4 is 0 Å². The zero-order valence-electron chi connectivity index (χ0n) is 5.96. The van der Waals surface area contributed by atoms with E-state index < -0.39 is 0 Å². The van der Waals surface area contributed by atoms with Gasteiger partial charge in [-0.15, -0.1) is 0 Å². The Morgan fingerprint density at radius 3 is 3.10 bits per heavy atom. The van der Waals surface area contributed by atoms with Crippen LogP contribution in [0.2, 0.25) is 0 Å². The van der Waals surface area contributed by atoms with E-state index in [1.165, 1.54) is 5.57 Å². The lowest BCUT2D eigenvalue weighted by atomic mass is 10.2. The molecule has 1 rings (SSSR count). The molecule has 1 aliphatic carbocycles. The van der Waals surface area contributed by atoms with Gasteiger partial charge < -0.3 is 5.11 Å². The fourth-order valence-corrected chi connectivity index (χ4v) is 0.920. The van der Waals surface area contributed by atoms with E-state index in [1.807, 2.05) is 12.2 Å². The molecule has 0 spiro atoms. The molecule has 1 aliphatic rings. The fraction of sp³-hybridized carbons (Fsp3) is 0.333. The maximum atomic E-state index is 8.61. The van der Waals surface area contributed by atoms with Crippen LogP contribution in [0, 0.1) is 0 Å². The highest BCUT2D eigenvalue weighted by Gasteiger charge is 1.90. The van der Waals surface area contributed by atoms with E-state index in [0.29, 0.717) is 0 Å². The van der Waals surface area contributed by atoms with Crippen LogP contribution in [0.4, 0.5) is 0 Å². The first-order valence-electron chi connectivity index (χ1n) is 3.56. The molecule has 0 heterocycles. The smallest absolute Gasteiger partial charge is 0.0471 e. The summed E-state index contributed by atoms with van der Waals surface area (Å²) in [6.45, 7) is 0.240. The second-order valence-electron chi connectivity index (χ2n) is 2.28. The number of allylic oxidation sites excluding steroid dienone is 5. The number of hydrogen-bond donors (Lipinski definition) is 1. The molecule has 1 N–H and O–H groups in total. The van der Waals surface area contributed by atoms with Gasteiger partial charge in [-0.3, -0.25) is 0 Å². The summed E-state index contributed by atoms with van der Waals surface area (Å²) in [6.07, 6.45) is 12.1. The predicted molar refractivity (Wildman–Crippen MR) is 42.7 cm³/mol. The molecule has 0 aromatic heterocycles. The third kappa shape index (κ3) is 2.19. The van der Waals surface area contributed by atoms with Crippen molar-refractivity contribution in [3.05, 3.63) is 36.0 Å². The molecule has 0 aromatic carbocycles. The molecule has 0 unspecified atom stereocenters. The minimum Gasteiger partial charge on any atom is -0.396 e. The van der Waals surface area contributed by atoms with Crippen LogP contribution in [0.5, 0.6) is 0 Å². The summed E-state index contributed by atoms with van der Waals surface area (Å²) in [4.78, 5) is 0. The molecule has 0 bridgehead atoms. The molecule has 1 nitrogen and oxygen atoms in total. The molecule has 0 aromatic rings. The summed E-state index contributed by atoms with van der Waals surface area (Å²) in [5, 5.41) is 8.61. The number of aliphatic hydroxyl groups is 1. The first-order chi connectivity index (χ1) is 4.93. The quantitative estimate of drug-likeness (QED) is 0.613. The Bertz CT molecular complexity index is 175. The lowest BCUT2D eigenvalue weighted by Crippen LogP contribution is -1.83. The molecule has 0 saturated heterocycles. The molecule has 0 atom stereocenters. The Balaban J connectivity index is 2.55. The number of aliphatic hydroxyl groups excluding tert-OH is 1. The molecule has 0 radical (unpaired) electrons. The average Bonchev–Trinajstić information content (AvgIpc) is 2.17. The van der Waals surface area contributed by atoms with Crippen molar-refractivity contribution < 1.29 is 5.11 Å². The van der Waals surface area contributed by atoms with E-state index in [0.717, 1.165) is 12.8 Å². The van der Waals surface area contributed by atoms with Gasteiger partial charge in [-0.25, -0.2) is 0 Å². The molecule has 0 fully saturated rings. The van der Waals surface area contributed by atoms with Crippen molar-refractivity contribution in [3.8, 4) is 0 Å². The first kappa shape index (κ1) is 7.29. The van der Waals surface area contributed by atoms with Crippen LogP contribution in [0.3, 0.4) is 0 Å². The van der Waals surface area contributed by atoms with Crippen molar-refractivity contribution in [1.82, 2.24) is 0 Å². The minimum atomic E-state index is 0.240. The van der Waals surface area contributed by atoms with Crippen LogP contribution in [-0.4, -0.2) is 11.7 Å². The normalized spacial score (nSPS) is 16.7. The van der Waals surface area contributed by atoms with E-state index >= 15 is 0 Å². The van der Waals surface area contributed by atoms with Crippen LogP contribution in [0.15, 0.2) is 36.0 Å². The largest absolute Gasteiger partial charge is 0.396 e. The zero-order valence-corrected chi connectivity index (χ0v) is 5.96. The van der Waals surface area contributed by atoms with Gasteiger partial charge in [-0.2, -0.15) is 0 Å². The Hall–Kier alpha value is -0.820. The summed E-state index contributed by atoms with van der Waals surface area (Å²) in [6, 6.07) is 0. The van der Waals surface area contributed by atoms with Crippen molar-refractivity contribution in [3.63, 3.8) is 0 Å². The van der Waals surface area contributed by atoms with E-state index in [2.05, 4.69) is 18.2 Å². The van der Waals surface area contributed by atoms with Gasteiger partial charge in [-0.1, -0.05) is 30.4 Å². The molecular formula is C9H12O. The Labute approximate surface area is 61.4 Å². The third-order valence-electron chi connectivity index (χ3n) is 1.45. The van der Waals surface area contributed by atoms with Gasteiger partial charge in [0.25, 0.3) is 0 Å².